The summed E-state index contributed by atoms with van der Waals surface area (Å²) in [5.74, 6) is 0.467. The number of benzene rings is 1. The molecule has 0 fully saturated rings. The van der Waals surface area contributed by atoms with Gasteiger partial charge in [0.1, 0.15) is 5.82 Å². The van der Waals surface area contributed by atoms with Gasteiger partial charge in [-0.3, -0.25) is 0 Å². The van der Waals surface area contributed by atoms with E-state index >= 15 is 0 Å². The third-order valence-corrected chi connectivity index (χ3v) is 4.49. The average Bonchev–Trinajstić information content (AvgIpc) is 2.51. The van der Waals surface area contributed by atoms with Crippen LogP contribution in [0.25, 0.3) is 5.70 Å². The highest BCUT2D eigenvalue weighted by Crippen LogP contribution is 2.27. The maximum Gasteiger partial charge on any atom is 0.134 e. The first-order chi connectivity index (χ1) is 11.0. The van der Waals surface area contributed by atoms with Gasteiger partial charge in [0.15, 0.2) is 0 Å². The van der Waals surface area contributed by atoms with Crippen LogP contribution in [0.1, 0.15) is 69.9 Å². The molecule has 0 radical (unpaired) electrons. The molecule has 1 rings (SSSR count). The quantitative estimate of drug-likeness (QED) is 0.511. The highest BCUT2D eigenvalue weighted by Gasteiger charge is 2.13. The Hall–Kier alpha value is -1.51. The van der Waals surface area contributed by atoms with E-state index in [4.69, 9.17) is 5.73 Å². The number of aryl methyl sites for hydroxylation is 1. The first-order valence-electron chi connectivity index (χ1n) is 8.98. The molecule has 0 amide bonds. The zero-order valence-corrected chi connectivity index (χ0v) is 15.1. The maximum atomic E-state index is 14.3. The number of rotatable bonds is 11. The number of anilines is 1. The van der Waals surface area contributed by atoms with Crippen molar-refractivity contribution in [1.29, 1.82) is 0 Å². The fraction of sp³-hybridized carbons (Fsp3) is 0.600. The van der Waals surface area contributed by atoms with Crippen molar-refractivity contribution in [3.05, 3.63) is 35.7 Å². The van der Waals surface area contributed by atoms with E-state index in [1.807, 2.05) is 6.07 Å². The highest BCUT2D eigenvalue weighted by molar-refractivity contribution is 5.74. The third kappa shape index (κ3) is 6.25. The number of hydrogen-bond acceptors (Lipinski definition) is 2. The van der Waals surface area contributed by atoms with E-state index in [0.717, 1.165) is 30.0 Å². The van der Waals surface area contributed by atoms with Gasteiger partial charge in [-0.1, -0.05) is 59.0 Å². The van der Waals surface area contributed by atoms with E-state index < -0.39 is 0 Å². The third-order valence-electron chi connectivity index (χ3n) is 4.49. The minimum Gasteiger partial charge on any atom is -0.399 e. The molecule has 0 aliphatic carbocycles. The standard InChI is InChI=1S/C20H33FN2/c1-5-7-8-10-16(9-6-2)11-12-17-13-18(21)20(15(3)22)19(14-17)23-4/h13-14,16,23H,3,5-12,22H2,1-2,4H3. The molecule has 0 aliphatic rings. The van der Waals surface area contributed by atoms with Crippen LogP contribution in [-0.2, 0) is 6.42 Å². The van der Waals surface area contributed by atoms with Gasteiger partial charge in [-0.25, -0.2) is 4.39 Å². The summed E-state index contributed by atoms with van der Waals surface area (Å²) in [6, 6.07) is 3.62. The van der Waals surface area contributed by atoms with E-state index in [9.17, 15) is 4.39 Å². The van der Waals surface area contributed by atoms with Crippen LogP contribution in [0.4, 0.5) is 10.1 Å². The van der Waals surface area contributed by atoms with Gasteiger partial charge in [0, 0.05) is 18.4 Å². The van der Waals surface area contributed by atoms with Crippen LogP contribution in [0, 0.1) is 11.7 Å². The van der Waals surface area contributed by atoms with E-state index in [2.05, 4.69) is 25.7 Å². The Bertz CT molecular complexity index is 497. The average molecular weight is 320 g/mol. The van der Waals surface area contributed by atoms with Crippen LogP contribution in [0.3, 0.4) is 0 Å². The van der Waals surface area contributed by atoms with Crippen molar-refractivity contribution >= 4 is 11.4 Å². The summed E-state index contributed by atoms with van der Waals surface area (Å²) < 4.78 is 14.3. The van der Waals surface area contributed by atoms with Gasteiger partial charge >= 0.3 is 0 Å². The fourth-order valence-corrected chi connectivity index (χ4v) is 3.23. The summed E-state index contributed by atoms with van der Waals surface area (Å²) in [4.78, 5) is 0. The fourth-order valence-electron chi connectivity index (χ4n) is 3.23. The summed E-state index contributed by atoms with van der Waals surface area (Å²) in [6.45, 7) is 8.15. The lowest BCUT2D eigenvalue weighted by Crippen LogP contribution is -2.06. The zero-order valence-electron chi connectivity index (χ0n) is 15.1. The molecule has 0 saturated heterocycles. The predicted octanol–water partition coefficient (Wildman–Crippen LogP) is 5.73. The minimum absolute atomic E-state index is 0.266. The number of halogens is 1. The van der Waals surface area contributed by atoms with Crippen molar-refractivity contribution in [2.24, 2.45) is 11.7 Å². The van der Waals surface area contributed by atoms with Crippen molar-refractivity contribution in [2.45, 2.75) is 65.2 Å². The molecule has 2 nitrogen and oxygen atoms in total. The topological polar surface area (TPSA) is 38.0 Å². The van der Waals surface area contributed by atoms with E-state index in [1.165, 1.54) is 38.5 Å². The summed E-state index contributed by atoms with van der Waals surface area (Å²) in [5.41, 5.74) is 8.12. The van der Waals surface area contributed by atoms with Crippen LogP contribution >= 0.6 is 0 Å². The molecule has 0 saturated carbocycles. The summed E-state index contributed by atoms with van der Waals surface area (Å²) in [5, 5.41) is 3.03. The van der Waals surface area contributed by atoms with Crippen molar-refractivity contribution in [2.75, 3.05) is 12.4 Å². The molecule has 0 heterocycles. The number of unbranched alkanes of at least 4 members (excludes halogenated alkanes) is 2. The van der Waals surface area contributed by atoms with Crippen molar-refractivity contribution in [3.63, 3.8) is 0 Å². The van der Waals surface area contributed by atoms with Crippen LogP contribution < -0.4 is 11.1 Å². The largest absolute Gasteiger partial charge is 0.399 e. The molecule has 3 N–H and O–H groups in total. The molecule has 23 heavy (non-hydrogen) atoms. The minimum atomic E-state index is -0.280. The number of nitrogens with one attached hydrogen (secondary N) is 1. The zero-order chi connectivity index (χ0) is 17.2. The molecule has 1 aromatic rings. The second-order valence-electron chi connectivity index (χ2n) is 6.46. The second-order valence-corrected chi connectivity index (χ2v) is 6.46. The van der Waals surface area contributed by atoms with E-state index in [-0.39, 0.29) is 11.5 Å². The lowest BCUT2D eigenvalue weighted by molar-refractivity contribution is 0.398. The lowest BCUT2D eigenvalue weighted by Gasteiger charge is -2.17. The summed E-state index contributed by atoms with van der Waals surface area (Å²) >= 11 is 0. The van der Waals surface area contributed by atoms with Crippen LogP contribution in [0.5, 0.6) is 0 Å². The molecule has 1 atom stereocenters. The molecule has 0 spiro atoms. The Morgan fingerprint density at radius 3 is 2.48 bits per heavy atom. The van der Waals surface area contributed by atoms with Crippen molar-refractivity contribution in [3.8, 4) is 0 Å². The predicted molar refractivity (Wildman–Crippen MR) is 100 cm³/mol. The molecule has 130 valence electrons. The first kappa shape index (κ1) is 19.5. The van der Waals surface area contributed by atoms with E-state index in [0.29, 0.717) is 5.56 Å². The second kappa shape index (κ2) is 10.3. The molecule has 1 unspecified atom stereocenters. The maximum absolute atomic E-state index is 14.3. The monoisotopic (exact) mass is 320 g/mol. The molecule has 0 aromatic heterocycles. The SMILES string of the molecule is C=C(N)c1c(F)cc(CCC(CCC)CCCCC)cc1NC. The smallest absolute Gasteiger partial charge is 0.134 e. The van der Waals surface area contributed by atoms with Crippen molar-refractivity contribution in [1.82, 2.24) is 0 Å². The number of hydrogen-bond donors (Lipinski definition) is 2. The molecule has 0 aliphatic heterocycles. The highest BCUT2D eigenvalue weighted by atomic mass is 19.1. The molecule has 3 heteroatoms. The number of nitrogens with two attached hydrogens (primary N) is 1. The first-order valence-corrected chi connectivity index (χ1v) is 8.98. The molecular weight excluding hydrogens is 287 g/mol. The van der Waals surface area contributed by atoms with Gasteiger partial charge in [0.2, 0.25) is 0 Å². The van der Waals surface area contributed by atoms with Gasteiger partial charge in [-0.2, -0.15) is 0 Å². The van der Waals surface area contributed by atoms with Gasteiger partial charge in [-0.05, 0) is 36.5 Å². The molecule has 0 bridgehead atoms. The normalized spacial score (nSPS) is 12.2. The molecule has 1 aromatic carbocycles. The Morgan fingerprint density at radius 1 is 1.17 bits per heavy atom. The van der Waals surface area contributed by atoms with Gasteiger partial charge in [0.05, 0.1) is 5.56 Å². The molecular formula is C20H33FN2. The van der Waals surface area contributed by atoms with Gasteiger partial charge in [-0.15, -0.1) is 0 Å². The van der Waals surface area contributed by atoms with Crippen molar-refractivity contribution < 1.29 is 4.39 Å². The Labute approximate surface area is 141 Å². The Morgan fingerprint density at radius 2 is 1.91 bits per heavy atom. The van der Waals surface area contributed by atoms with Crippen LogP contribution in [-0.4, -0.2) is 7.05 Å². The van der Waals surface area contributed by atoms with Crippen LogP contribution in [0.2, 0.25) is 0 Å². The van der Waals surface area contributed by atoms with Crippen LogP contribution in [0.15, 0.2) is 18.7 Å². The summed E-state index contributed by atoms with van der Waals surface area (Å²) in [6.07, 6.45) is 9.71. The Balaban J connectivity index is 2.75. The van der Waals surface area contributed by atoms with Gasteiger partial charge < -0.3 is 11.1 Å². The lowest BCUT2D eigenvalue weighted by atomic mass is 9.90. The van der Waals surface area contributed by atoms with Gasteiger partial charge in [0.25, 0.3) is 0 Å². The summed E-state index contributed by atoms with van der Waals surface area (Å²) in [7, 11) is 1.79. The van der Waals surface area contributed by atoms with E-state index in [1.54, 1.807) is 13.1 Å². The Kier molecular flexibility index (Phi) is 8.75.